The normalized spacial score (nSPS) is 10.2. The maximum atomic E-state index is 5.64. The number of rotatable bonds is 6. The molecular formula is C15H14N4O3. The Kier molecular flexibility index (Phi) is 4.15. The van der Waals surface area contributed by atoms with Gasteiger partial charge in [-0.3, -0.25) is 4.98 Å². The van der Waals surface area contributed by atoms with Gasteiger partial charge in [-0.15, -0.1) is 0 Å². The Hall–Kier alpha value is -3.09. The van der Waals surface area contributed by atoms with Crippen molar-refractivity contribution >= 4 is 5.82 Å². The van der Waals surface area contributed by atoms with Crippen molar-refractivity contribution in [3.05, 3.63) is 54.4 Å². The van der Waals surface area contributed by atoms with Gasteiger partial charge in [-0.2, -0.15) is 0 Å². The van der Waals surface area contributed by atoms with Crippen LogP contribution < -0.4 is 14.8 Å². The standard InChI is InChI=1S/C15H14N4O3/c1-20-12-2-4-13(5-3-12)21-15-14(18-22-19-15)17-10-11-6-8-16-9-7-11/h2-9H,10H2,1H3,(H,17,18). The number of hydrogen-bond acceptors (Lipinski definition) is 7. The molecule has 3 aromatic rings. The van der Waals surface area contributed by atoms with E-state index >= 15 is 0 Å². The van der Waals surface area contributed by atoms with Crippen LogP contribution in [0.5, 0.6) is 17.4 Å². The SMILES string of the molecule is COc1ccc(Oc2nonc2NCc2ccncc2)cc1. The van der Waals surface area contributed by atoms with Crippen molar-refractivity contribution in [1.82, 2.24) is 15.3 Å². The van der Waals surface area contributed by atoms with Gasteiger partial charge in [0.15, 0.2) is 0 Å². The summed E-state index contributed by atoms with van der Waals surface area (Å²) in [5.41, 5.74) is 1.06. The molecule has 0 fully saturated rings. The lowest BCUT2D eigenvalue weighted by Crippen LogP contribution is -2.01. The smallest absolute Gasteiger partial charge is 0.305 e. The van der Waals surface area contributed by atoms with Crippen LogP contribution >= 0.6 is 0 Å². The van der Waals surface area contributed by atoms with Crippen molar-refractivity contribution in [2.24, 2.45) is 0 Å². The lowest BCUT2D eigenvalue weighted by atomic mass is 10.3. The predicted molar refractivity (Wildman–Crippen MR) is 78.9 cm³/mol. The van der Waals surface area contributed by atoms with Crippen LogP contribution in [0.25, 0.3) is 0 Å². The largest absolute Gasteiger partial charge is 0.497 e. The van der Waals surface area contributed by atoms with Gasteiger partial charge in [-0.1, -0.05) is 0 Å². The molecule has 0 atom stereocenters. The van der Waals surface area contributed by atoms with Crippen molar-refractivity contribution in [2.45, 2.75) is 6.54 Å². The highest BCUT2D eigenvalue weighted by Gasteiger charge is 2.12. The van der Waals surface area contributed by atoms with Gasteiger partial charge in [0.1, 0.15) is 11.5 Å². The third-order valence-electron chi connectivity index (χ3n) is 2.94. The summed E-state index contributed by atoms with van der Waals surface area (Å²) in [6, 6.07) is 11.0. The summed E-state index contributed by atoms with van der Waals surface area (Å²) < 4.78 is 15.5. The fourth-order valence-electron chi connectivity index (χ4n) is 1.80. The molecule has 0 aliphatic heterocycles. The molecule has 0 bridgehead atoms. The molecular weight excluding hydrogens is 284 g/mol. The fourth-order valence-corrected chi connectivity index (χ4v) is 1.80. The Morgan fingerprint density at radius 3 is 2.45 bits per heavy atom. The molecule has 3 rings (SSSR count). The summed E-state index contributed by atoms with van der Waals surface area (Å²) in [4.78, 5) is 3.97. The van der Waals surface area contributed by atoms with E-state index in [1.807, 2.05) is 12.1 Å². The van der Waals surface area contributed by atoms with Gasteiger partial charge in [-0.05, 0) is 52.3 Å². The highest BCUT2D eigenvalue weighted by Crippen LogP contribution is 2.27. The summed E-state index contributed by atoms with van der Waals surface area (Å²) in [5, 5.41) is 10.7. The number of hydrogen-bond donors (Lipinski definition) is 1. The first-order chi connectivity index (χ1) is 10.8. The van der Waals surface area contributed by atoms with Crippen molar-refractivity contribution in [3.8, 4) is 17.4 Å². The molecule has 0 amide bonds. The summed E-state index contributed by atoms with van der Waals surface area (Å²) in [5.74, 6) is 2.08. The molecule has 0 aliphatic carbocycles. The second-order valence-electron chi connectivity index (χ2n) is 4.40. The Morgan fingerprint density at radius 2 is 1.73 bits per heavy atom. The first-order valence-electron chi connectivity index (χ1n) is 6.62. The third kappa shape index (κ3) is 3.32. The molecule has 0 saturated carbocycles. The van der Waals surface area contributed by atoms with E-state index in [0.717, 1.165) is 11.3 Å². The number of pyridine rings is 1. The molecule has 7 heteroatoms. The Bertz CT molecular complexity index is 713. The number of ether oxygens (including phenoxy) is 2. The average molecular weight is 298 g/mol. The van der Waals surface area contributed by atoms with Gasteiger partial charge in [-0.25, -0.2) is 4.63 Å². The topological polar surface area (TPSA) is 82.3 Å². The second kappa shape index (κ2) is 6.57. The van der Waals surface area contributed by atoms with Crippen molar-refractivity contribution in [1.29, 1.82) is 0 Å². The highest BCUT2D eigenvalue weighted by molar-refractivity contribution is 5.46. The molecule has 0 unspecified atom stereocenters. The lowest BCUT2D eigenvalue weighted by molar-refractivity contribution is 0.290. The van der Waals surface area contributed by atoms with E-state index in [1.54, 1.807) is 43.8 Å². The van der Waals surface area contributed by atoms with E-state index in [1.165, 1.54) is 0 Å². The molecule has 0 spiro atoms. The molecule has 0 aliphatic rings. The molecule has 1 aromatic carbocycles. The number of methoxy groups -OCH3 is 1. The highest BCUT2D eigenvalue weighted by atomic mass is 16.6. The number of nitrogens with one attached hydrogen (secondary N) is 1. The molecule has 2 aromatic heterocycles. The van der Waals surface area contributed by atoms with Crippen LogP contribution in [-0.2, 0) is 6.54 Å². The molecule has 0 radical (unpaired) electrons. The van der Waals surface area contributed by atoms with E-state index < -0.39 is 0 Å². The van der Waals surface area contributed by atoms with E-state index in [4.69, 9.17) is 14.1 Å². The number of benzene rings is 1. The van der Waals surface area contributed by atoms with Crippen LogP contribution in [0.4, 0.5) is 5.82 Å². The Morgan fingerprint density at radius 1 is 1.00 bits per heavy atom. The molecule has 2 heterocycles. The van der Waals surface area contributed by atoms with E-state index in [2.05, 4.69) is 20.6 Å². The lowest BCUT2D eigenvalue weighted by Gasteiger charge is -2.06. The van der Waals surface area contributed by atoms with Gasteiger partial charge in [0.05, 0.1) is 7.11 Å². The van der Waals surface area contributed by atoms with Gasteiger partial charge in [0.2, 0.25) is 5.82 Å². The van der Waals surface area contributed by atoms with Crippen LogP contribution in [0.2, 0.25) is 0 Å². The summed E-state index contributed by atoms with van der Waals surface area (Å²) >= 11 is 0. The maximum Gasteiger partial charge on any atom is 0.305 e. The van der Waals surface area contributed by atoms with Gasteiger partial charge < -0.3 is 14.8 Å². The van der Waals surface area contributed by atoms with Crippen molar-refractivity contribution in [2.75, 3.05) is 12.4 Å². The minimum Gasteiger partial charge on any atom is -0.497 e. The van der Waals surface area contributed by atoms with Crippen LogP contribution in [0, 0.1) is 0 Å². The summed E-state index contributed by atoms with van der Waals surface area (Å²) in [7, 11) is 1.61. The second-order valence-corrected chi connectivity index (χ2v) is 4.40. The van der Waals surface area contributed by atoms with E-state index in [-0.39, 0.29) is 5.88 Å². The Labute approximate surface area is 126 Å². The van der Waals surface area contributed by atoms with Crippen LogP contribution in [-0.4, -0.2) is 22.4 Å². The van der Waals surface area contributed by atoms with Crippen molar-refractivity contribution in [3.63, 3.8) is 0 Å². The predicted octanol–water partition coefficient (Wildman–Crippen LogP) is 2.88. The minimum atomic E-state index is 0.277. The molecule has 0 saturated heterocycles. The first-order valence-corrected chi connectivity index (χ1v) is 6.62. The van der Waals surface area contributed by atoms with Crippen LogP contribution in [0.3, 0.4) is 0 Å². The van der Waals surface area contributed by atoms with Gasteiger partial charge in [0.25, 0.3) is 0 Å². The number of anilines is 1. The summed E-state index contributed by atoms with van der Waals surface area (Å²) in [6.07, 6.45) is 3.46. The first kappa shape index (κ1) is 13.9. The zero-order chi connectivity index (χ0) is 15.2. The molecule has 22 heavy (non-hydrogen) atoms. The number of aromatic nitrogens is 3. The quantitative estimate of drug-likeness (QED) is 0.749. The maximum absolute atomic E-state index is 5.64. The molecule has 7 nitrogen and oxygen atoms in total. The fraction of sp³-hybridized carbons (Fsp3) is 0.133. The third-order valence-corrected chi connectivity index (χ3v) is 2.94. The van der Waals surface area contributed by atoms with Crippen molar-refractivity contribution < 1.29 is 14.1 Å². The number of nitrogens with zero attached hydrogens (tertiary/aromatic N) is 3. The van der Waals surface area contributed by atoms with E-state index in [9.17, 15) is 0 Å². The van der Waals surface area contributed by atoms with Crippen LogP contribution in [0.1, 0.15) is 5.56 Å². The summed E-state index contributed by atoms with van der Waals surface area (Å²) in [6.45, 7) is 0.565. The Balaban J connectivity index is 1.66. The van der Waals surface area contributed by atoms with Gasteiger partial charge >= 0.3 is 5.88 Å². The average Bonchev–Trinajstić information content (AvgIpc) is 3.02. The minimum absolute atomic E-state index is 0.277. The zero-order valence-electron chi connectivity index (χ0n) is 11.9. The molecule has 1 N–H and O–H groups in total. The van der Waals surface area contributed by atoms with E-state index in [0.29, 0.717) is 18.1 Å². The van der Waals surface area contributed by atoms with Crippen LogP contribution in [0.15, 0.2) is 53.4 Å². The monoisotopic (exact) mass is 298 g/mol. The zero-order valence-corrected chi connectivity index (χ0v) is 11.9. The van der Waals surface area contributed by atoms with Gasteiger partial charge in [0, 0.05) is 18.9 Å². The molecule has 112 valence electrons.